The first kappa shape index (κ1) is 18.8. The van der Waals surface area contributed by atoms with Crippen LogP contribution in [-0.2, 0) is 11.3 Å². The molecule has 0 saturated heterocycles. The van der Waals surface area contributed by atoms with Crippen LogP contribution < -0.4 is 21.3 Å². The number of hydrogen-bond donors (Lipinski definition) is 3. The maximum atomic E-state index is 12.5. The third-order valence-corrected chi connectivity index (χ3v) is 4.77. The Bertz CT molecular complexity index is 945. The van der Waals surface area contributed by atoms with Crippen LogP contribution >= 0.6 is 0 Å². The van der Waals surface area contributed by atoms with Crippen LogP contribution in [0, 0.1) is 12.8 Å². The van der Waals surface area contributed by atoms with Crippen molar-refractivity contribution in [2.24, 2.45) is 5.92 Å². The van der Waals surface area contributed by atoms with E-state index < -0.39 is 11.2 Å². The maximum Gasteiger partial charge on any atom is 0.328 e. The van der Waals surface area contributed by atoms with Gasteiger partial charge in [-0.05, 0) is 37.3 Å². The molecule has 2 aromatic heterocycles. The minimum atomic E-state index is -0.639. The molecule has 1 atom stereocenters. The number of hydrogen-bond acceptors (Lipinski definition) is 6. The molecule has 9 nitrogen and oxygen atoms in total. The number of carbonyl (C=O) groups is 1. The highest BCUT2D eigenvalue weighted by Crippen LogP contribution is 2.38. The fourth-order valence-corrected chi connectivity index (χ4v) is 3.20. The number of carbonyl (C=O) groups excluding carboxylic acids is 1. The topological polar surface area (TPSA) is 126 Å². The number of methoxy groups -OCH3 is 1. The smallest absolute Gasteiger partial charge is 0.328 e. The molecule has 3 N–H and O–H groups in total. The van der Waals surface area contributed by atoms with Crippen LogP contribution in [0.1, 0.15) is 30.0 Å². The normalized spacial score (nSPS) is 19.8. The van der Waals surface area contributed by atoms with Crippen molar-refractivity contribution < 1.29 is 14.6 Å². The van der Waals surface area contributed by atoms with E-state index in [4.69, 9.17) is 4.74 Å². The Labute approximate surface area is 155 Å². The van der Waals surface area contributed by atoms with Gasteiger partial charge in [0.1, 0.15) is 12.3 Å². The largest absolute Gasteiger partial charge is 0.495 e. The van der Waals surface area contributed by atoms with Crippen LogP contribution in [0.2, 0.25) is 0 Å². The van der Waals surface area contributed by atoms with E-state index in [-0.39, 0.29) is 30.5 Å². The number of rotatable bonds is 6. The van der Waals surface area contributed by atoms with E-state index >= 15 is 0 Å². The van der Waals surface area contributed by atoms with Gasteiger partial charge in [0.15, 0.2) is 0 Å². The summed E-state index contributed by atoms with van der Waals surface area (Å²) >= 11 is 0. The number of H-pyrrole nitrogens is 1. The molecule has 0 aliphatic heterocycles. The van der Waals surface area contributed by atoms with Gasteiger partial charge in [0.25, 0.3) is 5.56 Å². The lowest BCUT2D eigenvalue weighted by atomic mass is 9.75. The fraction of sp³-hybridized carbons (Fsp3) is 0.444. The average molecular weight is 374 g/mol. The number of nitrogens with one attached hydrogen (secondary N) is 2. The van der Waals surface area contributed by atoms with Crippen molar-refractivity contribution >= 4 is 5.91 Å². The van der Waals surface area contributed by atoms with E-state index in [1.165, 1.54) is 13.3 Å². The SMILES string of the molecule is COc1cncc([C@H](NC(=O)Cn2cc(C)c(=O)[nH]c2=O)C2CC(O)C2)c1. The number of aliphatic hydroxyl groups excluding tert-OH is 1. The van der Waals surface area contributed by atoms with Gasteiger partial charge >= 0.3 is 5.69 Å². The molecule has 0 aromatic carbocycles. The van der Waals surface area contributed by atoms with Gasteiger partial charge in [0.2, 0.25) is 5.91 Å². The molecule has 2 heterocycles. The number of aromatic nitrogens is 3. The standard InChI is InChI=1S/C18H22N4O5/c1-10-8-22(18(26)21-17(10)25)9-15(24)20-16(11-3-13(23)4-11)12-5-14(27-2)7-19-6-12/h5-8,11,13,16,23H,3-4,9H2,1-2H3,(H,20,24)(H,21,25,26)/t11?,13?,16-/m1/s1. The predicted octanol–water partition coefficient (Wildman–Crippen LogP) is -0.123. The van der Waals surface area contributed by atoms with E-state index in [1.807, 2.05) is 0 Å². The quantitative estimate of drug-likeness (QED) is 0.647. The molecule has 0 radical (unpaired) electrons. The predicted molar refractivity (Wildman–Crippen MR) is 96.5 cm³/mol. The molecule has 0 unspecified atom stereocenters. The van der Waals surface area contributed by atoms with Crippen molar-refractivity contribution in [1.29, 1.82) is 0 Å². The van der Waals surface area contributed by atoms with Gasteiger partial charge in [-0.3, -0.25) is 24.1 Å². The second-order valence-corrected chi connectivity index (χ2v) is 6.79. The minimum absolute atomic E-state index is 0.0619. The van der Waals surface area contributed by atoms with E-state index in [9.17, 15) is 19.5 Å². The van der Waals surface area contributed by atoms with Crippen LogP contribution in [0.3, 0.4) is 0 Å². The molecule has 1 saturated carbocycles. The van der Waals surface area contributed by atoms with E-state index in [0.29, 0.717) is 24.2 Å². The first-order valence-corrected chi connectivity index (χ1v) is 8.64. The zero-order valence-electron chi connectivity index (χ0n) is 15.1. The monoisotopic (exact) mass is 374 g/mol. The number of aliphatic hydroxyl groups is 1. The molecule has 1 aliphatic carbocycles. The van der Waals surface area contributed by atoms with Gasteiger partial charge in [-0.1, -0.05) is 0 Å². The van der Waals surface area contributed by atoms with E-state index in [1.54, 1.807) is 25.4 Å². The van der Waals surface area contributed by atoms with Crippen molar-refractivity contribution in [1.82, 2.24) is 19.9 Å². The second kappa shape index (κ2) is 7.75. The molecule has 2 aromatic rings. The van der Waals surface area contributed by atoms with Gasteiger partial charge in [-0.25, -0.2) is 4.79 Å². The molecule has 1 aliphatic rings. The lowest BCUT2D eigenvalue weighted by Gasteiger charge is -2.38. The molecular weight excluding hydrogens is 352 g/mol. The van der Waals surface area contributed by atoms with Crippen molar-refractivity contribution in [3.05, 3.63) is 56.6 Å². The average Bonchev–Trinajstić information content (AvgIpc) is 2.62. The number of aryl methyl sites for hydroxylation is 1. The third-order valence-electron chi connectivity index (χ3n) is 4.77. The summed E-state index contributed by atoms with van der Waals surface area (Å²) in [6.07, 6.45) is 5.34. The van der Waals surface area contributed by atoms with Crippen molar-refractivity contribution in [3.8, 4) is 5.75 Å². The van der Waals surface area contributed by atoms with Crippen LogP contribution in [0.5, 0.6) is 5.75 Å². The Morgan fingerprint density at radius 3 is 2.85 bits per heavy atom. The number of pyridine rings is 1. The molecule has 1 fully saturated rings. The maximum absolute atomic E-state index is 12.5. The Kier molecular flexibility index (Phi) is 5.41. The number of amides is 1. The Hall–Kier alpha value is -2.94. The van der Waals surface area contributed by atoms with E-state index in [0.717, 1.165) is 10.1 Å². The van der Waals surface area contributed by atoms with Crippen LogP contribution in [0.25, 0.3) is 0 Å². The summed E-state index contributed by atoms with van der Waals surface area (Å²) in [5.41, 5.74) is 0.00233. The van der Waals surface area contributed by atoms with Gasteiger partial charge < -0.3 is 15.2 Å². The third kappa shape index (κ3) is 4.25. The highest BCUT2D eigenvalue weighted by atomic mass is 16.5. The van der Waals surface area contributed by atoms with Crippen LogP contribution in [0.15, 0.2) is 34.2 Å². The number of nitrogens with zero attached hydrogens (tertiary/aromatic N) is 2. The first-order valence-electron chi connectivity index (χ1n) is 8.64. The molecule has 144 valence electrons. The lowest BCUT2D eigenvalue weighted by Crippen LogP contribution is -2.43. The van der Waals surface area contributed by atoms with Gasteiger partial charge in [0, 0.05) is 18.0 Å². The molecule has 0 bridgehead atoms. The van der Waals surface area contributed by atoms with Gasteiger partial charge in [0.05, 0.1) is 25.5 Å². The van der Waals surface area contributed by atoms with Gasteiger partial charge in [-0.2, -0.15) is 0 Å². The van der Waals surface area contributed by atoms with Gasteiger partial charge in [-0.15, -0.1) is 0 Å². The second-order valence-electron chi connectivity index (χ2n) is 6.79. The number of aromatic amines is 1. The highest BCUT2D eigenvalue weighted by Gasteiger charge is 2.36. The molecular formula is C18H22N4O5. The fourth-order valence-electron chi connectivity index (χ4n) is 3.20. The first-order chi connectivity index (χ1) is 12.9. The minimum Gasteiger partial charge on any atom is -0.495 e. The Balaban J connectivity index is 1.79. The zero-order valence-corrected chi connectivity index (χ0v) is 15.1. The summed E-state index contributed by atoms with van der Waals surface area (Å²) in [6.45, 7) is 1.34. The van der Waals surface area contributed by atoms with Crippen LogP contribution in [0.4, 0.5) is 0 Å². The van der Waals surface area contributed by atoms with Crippen molar-refractivity contribution in [3.63, 3.8) is 0 Å². The molecule has 0 spiro atoms. The lowest BCUT2D eigenvalue weighted by molar-refractivity contribution is -0.123. The molecule has 3 rings (SSSR count). The molecule has 9 heteroatoms. The Morgan fingerprint density at radius 1 is 1.44 bits per heavy atom. The molecule has 1 amide bonds. The van der Waals surface area contributed by atoms with Crippen molar-refractivity contribution in [2.75, 3.05) is 7.11 Å². The summed E-state index contributed by atoms with van der Waals surface area (Å²) < 4.78 is 6.35. The molecule has 27 heavy (non-hydrogen) atoms. The summed E-state index contributed by atoms with van der Waals surface area (Å²) in [5.74, 6) is 0.253. The zero-order chi connectivity index (χ0) is 19.6. The summed E-state index contributed by atoms with van der Waals surface area (Å²) in [6, 6.07) is 1.43. The highest BCUT2D eigenvalue weighted by molar-refractivity contribution is 5.76. The summed E-state index contributed by atoms with van der Waals surface area (Å²) in [7, 11) is 1.53. The number of ether oxygens (including phenoxy) is 1. The summed E-state index contributed by atoms with van der Waals surface area (Å²) in [4.78, 5) is 42.2. The van der Waals surface area contributed by atoms with Crippen LogP contribution in [-0.4, -0.2) is 38.8 Å². The summed E-state index contributed by atoms with van der Waals surface area (Å²) in [5, 5.41) is 12.6. The Morgan fingerprint density at radius 2 is 2.19 bits per heavy atom. The van der Waals surface area contributed by atoms with E-state index in [2.05, 4.69) is 15.3 Å². The van der Waals surface area contributed by atoms with Crippen molar-refractivity contribution in [2.45, 2.75) is 38.5 Å².